The minimum Gasteiger partial charge on any atom is -0.385 e. The molecule has 9 heteroatoms. The van der Waals surface area contributed by atoms with Crippen molar-refractivity contribution in [2.45, 2.75) is 49.9 Å². The van der Waals surface area contributed by atoms with Gasteiger partial charge in [-0.1, -0.05) is 48.5 Å². The Morgan fingerprint density at radius 1 is 1.32 bits per heavy atom. The molecule has 1 aliphatic carbocycles. The Bertz CT molecular complexity index is 1140. The van der Waals surface area contributed by atoms with Crippen LogP contribution in [0.5, 0.6) is 0 Å². The molecule has 1 aliphatic heterocycles. The van der Waals surface area contributed by atoms with Crippen molar-refractivity contribution in [2.24, 2.45) is 0 Å². The van der Waals surface area contributed by atoms with Crippen molar-refractivity contribution in [3.05, 3.63) is 71.3 Å². The summed E-state index contributed by atoms with van der Waals surface area (Å²) in [5, 5.41) is 11.3. The highest BCUT2D eigenvalue weighted by Gasteiger charge is 2.61. The molecule has 0 bridgehead atoms. The van der Waals surface area contributed by atoms with E-state index >= 15 is 0 Å². The van der Waals surface area contributed by atoms with E-state index in [1.54, 1.807) is 0 Å². The Morgan fingerprint density at radius 2 is 2.10 bits per heavy atom. The third-order valence-corrected chi connectivity index (χ3v) is 6.44. The van der Waals surface area contributed by atoms with Gasteiger partial charge in [0.25, 0.3) is 6.43 Å². The zero-order valence-electron chi connectivity index (χ0n) is 16.4. The first-order chi connectivity index (χ1) is 14.9. The van der Waals surface area contributed by atoms with Gasteiger partial charge in [0.15, 0.2) is 6.23 Å². The van der Waals surface area contributed by atoms with E-state index in [1.165, 1.54) is 17.1 Å². The molecule has 6 nitrogen and oxygen atoms in total. The SMILES string of the molecule is C=C1CC[C@@]2(OCc3ccccc3)[C@@H]1O[C@@H](n1cc(C(F)F)c3c(Cl)ncnc31)[C@@H]2O. The molecule has 3 aromatic rings. The van der Waals surface area contributed by atoms with Crippen LogP contribution in [-0.4, -0.2) is 37.5 Å². The lowest BCUT2D eigenvalue weighted by atomic mass is 9.93. The fourth-order valence-electron chi connectivity index (χ4n) is 4.61. The van der Waals surface area contributed by atoms with Crippen molar-refractivity contribution in [1.29, 1.82) is 0 Å². The number of ether oxygens (including phenoxy) is 2. The smallest absolute Gasteiger partial charge is 0.266 e. The summed E-state index contributed by atoms with van der Waals surface area (Å²) in [4.78, 5) is 7.95. The predicted octanol–water partition coefficient (Wildman–Crippen LogP) is 4.59. The number of aromatic nitrogens is 3. The van der Waals surface area contributed by atoms with Crippen LogP contribution >= 0.6 is 11.6 Å². The van der Waals surface area contributed by atoms with Crippen molar-refractivity contribution in [1.82, 2.24) is 14.5 Å². The van der Waals surface area contributed by atoms with E-state index in [0.717, 1.165) is 11.1 Å². The Balaban J connectivity index is 1.54. The summed E-state index contributed by atoms with van der Waals surface area (Å²) in [6, 6.07) is 9.60. The molecule has 1 saturated heterocycles. The highest BCUT2D eigenvalue weighted by molar-refractivity contribution is 6.34. The summed E-state index contributed by atoms with van der Waals surface area (Å²) in [5.74, 6) is 0. The molecule has 2 fully saturated rings. The molecule has 1 N–H and O–H groups in total. The molecule has 1 aromatic carbocycles. The molecule has 1 saturated carbocycles. The zero-order valence-corrected chi connectivity index (χ0v) is 17.2. The van der Waals surface area contributed by atoms with Crippen LogP contribution in [-0.2, 0) is 16.1 Å². The molecule has 0 radical (unpaired) electrons. The minimum atomic E-state index is -2.79. The van der Waals surface area contributed by atoms with Crippen molar-refractivity contribution >= 4 is 22.6 Å². The number of nitrogens with zero attached hydrogens (tertiary/aromatic N) is 3. The van der Waals surface area contributed by atoms with Crippen molar-refractivity contribution in [3.63, 3.8) is 0 Å². The summed E-state index contributed by atoms with van der Waals surface area (Å²) in [7, 11) is 0. The summed E-state index contributed by atoms with van der Waals surface area (Å²) in [6.45, 7) is 4.36. The highest BCUT2D eigenvalue weighted by atomic mass is 35.5. The largest absolute Gasteiger partial charge is 0.385 e. The van der Waals surface area contributed by atoms with Crippen LogP contribution in [0.15, 0.2) is 55.0 Å². The van der Waals surface area contributed by atoms with Gasteiger partial charge in [-0.25, -0.2) is 18.7 Å². The van der Waals surface area contributed by atoms with Gasteiger partial charge in [0.1, 0.15) is 34.9 Å². The van der Waals surface area contributed by atoms with Crippen LogP contribution in [0.4, 0.5) is 8.78 Å². The van der Waals surface area contributed by atoms with E-state index in [2.05, 4.69) is 16.5 Å². The summed E-state index contributed by atoms with van der Waals surface area (Å²) < 4.78 is 41.2. The van der Waals surface area contributed by atoms with Gasteiger partial charge < -0.3 is 19.1 Å². The van der Waals surface area contributed by atoms with Gasteiger partial charge in [-0.2, -0.15) is 0 Å². The van der Waals surface area contributed by atoms with Gasteiger partial charge in [-0.05, 0) is 24.0 Å². The topological polar surface area (TPSA) is 69.4 Å². The number of aliphatic hydroxyl groups is 1. The second kappa shape index (κ2) is 7.63. The third kappa shape index (κ3) is 3.17. The van der Waals surface area contributed by atoms with E-state index < -0.39 is 30.5 Å². The Hall–Kier alpha value is -2.39. The van der Waals surface area contributed by atoms with Gasteiger partial charge in [0.2, 0.25) is 0 Å². The molecular formula is C22H20ClF2N3O3. The van der Waals surface area contributed by atoms with E-state index in [-0.39, 0.29) is 28.4 Å². The lowest BCUT2D eigenvalue weighted by Crippen LogP contribution is -2.46. The quantitative estimate of drug-likeness (QED) is 0.457. The van der Waals surface area contributed by atoms with Gasteiger partial charge in [-0.15, -0.1) is 0 Å². The number of benzene rings is 1. The van der Waals surface area contributed by atoms with Crippen molar-refractivity contribution in [2.75, 3.05) is 0 Å². The average molecular weight is 448 g/mol. The molecule has 4 atom stereocenters. The number of fused-ring (bicyclic) bond motifs is 2. The Morgan fingerprint density at radius 3 is 2.84 bits per heavy atom. The number of alkyl halides is 2. The molecule has 162 valence electrons. The lowest BCUT2D eigenvalue weighted by Gasteiger charge is -2.31. The zero-order chi connectivity index (χ0) is 21.8. The predicted molar refractivity (Wildman–Crippen MR) is 110 cm³/mol. The van der Waals surface area contributed by atoms with Crippen LogP contribution in [0.3, 0.4) is 0 Å². The van der Waals surface area contributed by atoms with E-state index in [4.69, 9.17) is 21.1 Å². The number of hydrogen-bond donors (Lipinski definition) is 1. The number of rotatable bonds is 5. The maximum absolute atomic E-state index is 13.7. The molecule has 0 amide bonds. The van der Waals surface area contributed by atoms with Crippen LogP contribution in [0.1, 0.15) is 36.6 Å². The normalized spacial score (nSPS) is 28.0. The molecule has 0 spiro atoms. The van der Waals surface area contributed by atoms with Crippen LogP contribution in [0.2, 0.25) is 5.15 Å². The van der Waals surface area contributed by atoms with E-state index in [9.17, 15) is 13.9 Å². The van der Waals surface area contributed by atoms with E-state index in [0.29, 0.717) is 12.8 Å². The first-order valence-corrected chi connectivity index (χ1v) is 10.3. The van der Waals surface area contributed by atoms with Crippen molar-refractivity contribution in [3.8, 4) is 0 Å². The maximum Gasteiger partial charge on any atom is 0.266 e. The second-order valence-electron chi connectivity index (χ2n) is 7.89. The molecular weight excluding hydrogens is 428 g/mol. The first kappa shape index (κ1) is 20.5. The van der Waals surface area contributed by atoms with Crippen molar-refractivity contribution < 1.29 is 23.4 Å². The number of hydrogen-bond acceptors (Lipinski definition) is 5. The molecule has 2 aliphatic rings. The van der Waals surface area contributed by atoms with Crippen LogP contribution < -0.4 is 0 Å². The fourth-order valence-corrected chi connectivity index (χ4v) is 4.85. The average Bonchev–Trinajstić information content (AvgIpc) is 3.39. The molecule has 2 aromatic heterocycles. The molecule has 31 heavy (non-hydrogen) atoms. The molecule has 3 heterocycles. The first-order valence-electron chi connectivity index (χ1n) is 9.90. The number of aliphatic hydroxyl groups excluding tert-OH is 1. The molecule has 5 rings (SSSR count). The van der Waals surface area contributed by atoms with Gasteiger partial charge in [-0.3, -0.25) is 0 Å². The lowest BCUT2D eigenvalue weighted by molar-refractivity contribution is -0.122. The molecule has 0 unspecified atom stereocenters. The van der Waals surface area contributed by atoms with Gasteiger partial charge >= 0.3 is 0 Å². The van der Waals surface area contributed by atoms with E-state index in [1.807, 2.05) is 30.3 Å². The number of halogens is 3. The van der Waals surface area contributed by atoms with Crippen LogP contribution in [0.25, 0.3) is 11.0 Å². The third-order valence-electron chi connectivity index (χ3n) is 6.15. The maximum atomic E-state index is 13.7. The summed E-state index contributed by atoms with van der Waals surface area (Å²) in [6.07, 6.45) is -1.90. The monoisotopic (exact) mass is 447 g/mol. The minimum absolute atomic E-state index is 0.0464. The highest BCUT2D eigenvalue weighted by Crippen LogP contribution is 2.52. The Kier molecular flexibility index (Phi) is 5.05. The fraction of sp³-hybridized carbons (Fsp3) is 0.364. The van der Waals surface area contributed by atoms with Crippen LogP contribution in [0, 0.1) is 0 Å². The standard InChI is InChI=1S/C22H20ClF2N3O3/c1-12-7-8-22(30-10-13-5-3-2-4-6-13)16(29)21(31-17(12)22)28-9-14(19(24)25)15-18(23)26-11-27-20(15)28/h2-6,9,11,16-17,19,21,29H,1,7-8,10H2/t16-,17+,21+,22-/m0/s1. The summed E-state index contributed by atoms with van der Waals surface area (Å²) in [5.41, 5.74) is 0.577. The second-order valence-corrected chi connectivity index (χ2v) is 8.25. The Labute approximate surface area is 182 Å². The van der Waals surface area contributed by atoms with Gasteiger partial charge in [0.05, 0.1) is 12.0 Å². The van der Waals surface area contributed by atoms with Gasteiger partial charge in [0, 0.05) is 11.8 Å². The summed E-state index contributed by atoms with van der Waals surface area (Å²) >= 11 is 6.09.